The van der Waals surface area contributed by atoms with Gasteiger partial charge in [-0.2, -0.15) is 0 Å². The Morgan fingerprint density at radius 1 is 1.21 bits per heavy atom. The lowest BCUT2D eigenvalue weighted by Gasteiger charge is -2.28. The van der Waals surface area contributed by atoms with Crippen LogP contribution in [0.4, 0.5) is 5.69 Å². The van der Waals surface area contributed by atoms with Crippen molar-refractivity contribution >= 4 is 15.5 Å². The van der Waals surface area contributed by atoms with Gasteiger partial charge in [0.2, 0.25) is 0 Å². The molecule has 1 atom stereocenters. The van der Waals surface area contributed by atoms with Crippen LogP contribution >= 0.6 is 0 Å². The number of nitrogens with one attached hydrogen (secondary N) is 1. The number of anilines is 1. The summed E-state index contributed by atoms with van der Waals surface area (Å²) in [5, 5.41) is 3.28. The van der Waals surface area contributed by atoms with Crippen LogP contribution in [0.5, 0.6) is 0 Å². The minimum atomic E-state index is -3.17. The van der Waals surface area contributed by atoms with E-state index < -0.39 is 9.84 Å². The number of rotatable bonds is 5. The van der Waals surface area contributed by atoms with Crippen molar-refractivity contribution in [2.24, 2.45) is 11.3 Å². The number of sulfone groups is 1. The van der Waals surface area contributed by atoms with Gasteiger partial charge in [0.05, 0.1) is 16.3 Å². The normalized spacial score (nSPS) is 14.2. The molecule has 1 aromatic carbocycles. The molecule has 1 N–H and O–H groups in total. The second-order valence-corrected chi connectivity index (χ2v) is 8.29. The highest BCUT2D eigenvalue weighted by Crippen LogP contribution is 2.27. The van der Waals surface area contributed by atoms with Crippen molar-refractivity contribution < 1.29 is 8.42 Å². The molecular formula is C15H25NO2S. The van der Waals surface area contributed by atoms with Crippen molar-refractivity contribution in [2.45, 2.75) is 39.5 Å². The summed E-state index contributed by atoms with van der Waals surface area (Å²) in [6, 6.07) is 7.13. The van der Waals surface area contributed by atoms with Crippen molar-refractivity contribution in [1.29, 1.82) is 0 Å². The third-order valence-electron chi connectivity index (χ3n) is 3.68. The minimum Gasteiger partial charge on any atom is -0.384 e. The third kappa shape index (κ3) is 4.23. The maximum atomic E-state index is 12.0. The van der Waals surface area contributed by atoms with Gasteiger partial charge in [-0.3, -0.25) is 0 Å². The lowest BCUT2D eigenvalue weighted by molar-refractivity contribution is 0.274. The van der Waals surface area contributed by atoms with E-state index in [2.05, 4.69) is 33.0 Å². The Labute approximate surface area is 117 Å². The Hall–Kier alpha value is -1.03. The molecule has 0 spiro atoms. The molecule has 0 radical (unpaired) electrons. The third-order valence-corrected chi connectivity index (χ3v) is 5.47. The van der Waals surface area contributed by atoms with Gasteiger partial charge >= 0.3 is 0 Å². The zero-order valence-corrected chi connectivity index (χ0v) is 13.3. The van der Waals surface area contributed by atoms with Crippen molar-refractivity contribution in [2.75, 3.05) is 17.6 Å². The second kappa shape index (κ2) is 5.95. The van der Waals surface area contributed by atoms with Gasteiger partial charge in [-0.1, -0.05) is 46.8 Å². The van der Waals surface area contributed by atoms with E-state index in [0.717, 1.165) is 6.54 Å². The molecular weight excluding hydrogens is 258 g/mol. The number of para-hydroxylation sites is 1. The number of benzene rings is 1. The zero-order valence-electron chi connectivity index (χ0n) is 12.5. The Morgan fingerprint density at radius 3 is 2.32 bits per heavy atom. The van der Waals surface area contributed by atoms with Crippen molar-refractivity contribution in [1.82, 2.24) is 0 Å². The SMILES string of the molecule is CCS(=O)(=O)c1ccccc1NCC(C)C(C)(C)C. The summed E-state index contributed by atoms with van der Waals surface area (Å²) >= 11 is 0. The molecule has 0 fully saturated rings. The molecule has 0 heterocycles. The summed E-state index contributed by atoms with van der Waals surface area (Å²) in [7, 11) is -3.17. The largest absolute Gasteiger partial charge is 0.384 e. The highest BCUT2D eigenvalue weighted by atomic mass is 32.2. The Morgan fingerprint density at radius 2 is 1.79 bits per heavy atom. The average molecular weight is 283 g/mol. The van der Waals surface area contributed by atoms with E-state index in [1.807, 2.05) is 12.1 Å². The Bertz CT molecular complexity index is 515. The molecule has 3 nitrogen and oxygen atoms in total. The van der Waals surface area contributed by atoms with Gasteiger partial charge in [0, 0.05) is 6.54 Å². The molecule has 0 bridgehead atoms. The highest BCUT2D eigenvalue weighted by molar-refractivity contribution is 7.91. The van der Waals surface area contributed by atoms with Crippen LogP contribution in [0.1, 0.15) is 34.6 Å². The first-order chi connectivity index (χ1) is 8.68. The van der Waals surface area contributed by atoms with Gasteiger partial charge < -0.3 is 5.32 Å². The monoisotopic (exact) mass is 283 g/mol. The van der Waals surface area contributed by atoms with E-state index in [0.29, 0.717) is 16.5 Å². The fourth-order valence-electron chi connectivity index (χ4n) is 1.61. The smallest absolute Gasteiger partial charge is 0.180 e. The summed E-state index contributed by atoms with van der Waals surface area (Å²) in [6.45, 7) is 11.2. The van der Waals surface area contributed by atoms with E-state index in [-0.39, 0.29) is 11.2 Å². The van der Waals surface area contributed by atoms with Crippen molar-refractivity contribution in [3.8, 4) is 0 Å². The van der Waals surface area contributed by atoms with Crippen molar-refractivity contribution in [3.05, 3.63) is 24.3 Å². The predicted molar refractivity (Wildman–Crippen MR) is 81.3 cm³/mol. The van der Waals surface area contributed by atoms with Crippen molar-refractivity contribution in [3.63, 3.8) is 0 Å². The maximum Gasteiger partial charge on any atom is 0.180 e. The standard InChI is InChI=1S/C15H25NO2S/c1-6-19(17,18)14-10-8-7-9-13(14)16-11-12(2)15(3,4)5/h7-10,12,16H,6,11H2,1-5H3. The fourth-order valence-corrected chi connectivity index (χ4v) is 2.68. The Kier molecular flexibility index (Phi) is 5.02. The summed E-state index contributed by atoms with van der Waals surface area (Å²) < 4.78 is 24.0. The molecule has 0 aliphatic carbocycles. The lowest BCUT2D eigenvalue weighted by Crippen LogP contribution is -2.25. The molecule has 0 saturated carbocycles. The number of hydrogen-bond donors (Lipinski definition) is 1. The van der Waals surface area contributed by atoms with E-state index in [4.69, 9.17) is 0 Å². The molecule has 19 heavy (non-hydrogen) atoms. The fraction of sp³-hybridized carbons (Fsp3) is 0.600. The molecule has 1 unspecified atom stereocenters. The quantitative estimate of drug-likeness (QED) is 0.898. The van der Waals surface area contributed by atoms with Gasteiger partial charge in [0.1, 0.15) is 0 Å². The highest BCUT2D eigenvalue weighted by Gasteiger charge is 2.21. The van der Waals surface area contributed by atoms with Crippen LogP contribution in [0.25, 0.3) is 0 Å². The predicted octanol–water partition coefficient (Wildman–Crippen LogP) is 3.57. The van der Waals surface area contributed by atoms with Gasteiger partial charge in [0.15, 0.2) is 9.84 Å². The van der Waals surface area contributed by atoms with Crippen LogP contribution in [-0.2, 0) is 9.84 Å². The maximum absolute atomic E-state index is 12.0. The minimum absolute atomic E-state index is 0.126. The van der Waals surface area contributed by atoms with Gasteiger partial charge in [-0.05, 0) is 23.5 Å². The molecule has 0 saturated heterocycles. The average Bonchev–Trinajstić information content (AvgIpc) is 2.35. The summed E-state index contributed by atoms with van der Waals surface area (Å²) in [6.07, 6.45) is 0. The summed E-state index contributed by atoms with van der Waals surface area (Å²) in [5.74, 6) is 0.574. The topological polar surface area (TPSA) is 46.2 Å². The van der Waals surface area contributed by atoms with E-state index >= 15 is 0 Å². The van der Waals surface area contributed by atoms with E-state index in [1.165, 1.54) is 0 Å². The van der Waals surface area contributed by atoms with Crippen LogP contribution in [0.15, 0.2) is 29.2 Å². The first-order valence-corrected chi connectivity index (χ1v) is 8.39. The second-order valence-electron chi connectivity index (χ2n) is 6.05. The first kappa shape index (κ1) is 16.0. The van der Waals surface area contributed by atoms with E-state index in [9.17, 15) is 8.42 Å². The lowest BCUT2D eigenvalue weighted by atomic mass is 9.82. The molecule has 0 aromatic heterocycles. The molecule has 0 aliphatic heterocycles. The zero-order chi connectivity index (χ0) is 14.7. The molecule has 0 amide bonds. The van der Waals surface area contributed by atoms with Crippen LogP contribution in [0, 0.1) is 11.3 Å². The molecule has 4 heteroatoms. The van der Waals surface area contributed by atoms with Crippen LogP contribution in [0.2, 0.25) is 0 Å². The summed E-state index contributed by atoms with van der Waals surface area (Å²) in [4.78, 5) is 0.401. The molecule has 1 aromatic rings. The molecule has 1 rings (SSSR count). The van der Waals surface area contributed by atoms with Gasteiger partial charge in [-0.15, -0.1) is 0 Å². The van der Waals surface area contributed by atoms with Crippen LogP contribution < -0.4 is 5.32 Å². The van der Waals surface area contributed by atoms with Crippen LogP contribution in [0.3, 0.4) is 0 Å². The summed E-state index contributed by atoms with van der Waals surface area (Å²) in [5.41, 5.74) is 0.909. The molecule has 0 aliphatic rings. The Balaban J connectivity index is 2.92. The van der Waals surface area contributed by atoms with Gasteiger partial charge in [0.25, 0.3) is 0 Å². The van der Waals surface area contributed by atoms with E-state index in [1.54, 1.807) is 19.1 Å². The molecule has 108 valence electrons. The van der Waals surface area contributed by atoms with Crippen LogP contribution in [-0.4, -0.2) is 20.7 Å². The first-order valence-electron chi connectivity index (χ1n) is 6.74. The number of hydrogen-bond acceptors (Lipinski definition) is 3. The van der Waals surface area contributed by atoms with Gasteiger partial charge in [-0.25, -0.2) is 8.42 Å².